The second-order valence-corrected chi connectivity index (χ2v) is 3.70. The first-order valence-corrected chi connectivity index (χ1v) is 4.97. The molecule has 0 bridgehead atoms. The molecule has 8 heteroatoms. The van der Waals surface area contributed by atoms with Gasteiger partial charge in [-0.2, -0.15) is 0 Å². The van der Waals surface area contributed by atoms with Crippen LogP contribution < -0.4 is 11.2 Å². The number of hydrogen-bond donors (Lipinski definition) is 2. The molecule has 1 rings (SSSR count). The van der Waals surface area contributed by atoms with Gasteiger partial charge in [-0.25, -0.2) is 4.79 Å². The number of methoxy groups -OCH3 is 1. The molecular weight excluding hydrogens is 222 g/mol. The van der Waals surface area contributed by atoms with Crippen LogP contribution >= 0.6 is 0 Å². The maximum atomic E-state index is 11.3. The zero-order chi connectivity index (χ0) is 13.1. The Morgan fingerprint density at radius 1 is 1.59 bits per heavy atom. The minimum absolute atomic E-state index is 0.213. The van der Waals surface area contributed by atoms with E-state index in [0.29, 0.717) is 0 Å². The van der Waals surface area contributed by atoms with Crippen molar-refractivity contribution in [3.63, 3.8) is 0 Å². The fraction of sp³-hybridized carbons (Fsp3) is 0.556. The average molecular weight is 234 g/mol. The SMILES string of the molecule is [B]C([B])(O)C(CCn1ccc(=O)[nH]c1=O)OC. The van der Waals surface area contributed by atoms with Crippen LogP contribution in [-0.2, 0) is 11.3 Å². The van der Waals surface area contributed by atoms with Crippen molar-refractivity contribution in [2.75, 3.05) is 7.11 Å². The summed E-state index contributed by atoms with van der Waals surface area (Å²) in [5.74, 6) is 0. The van der Waals surface area contributed by atoms with Crippen LogP contribution in [0.25, 0.3) is 0 Å². The Labute approximate surface area is 100 Å². The molecular formula is C9H12B2N2O4. The highest BCUT2D eigenvalue weighted by atomic mass is 16.5. The summed E-state index contributed by atoms with van der Waals surface area (Å²) in [6, 6.07) is 1.22. The third-order valence-corrected chi connectivity index (χ3v) is 2.33. The van der Waals surface area contributed by atoms with Crippen molar-refractivity contribution in [1.82, 2.24) is 9.55 Å². The molecule has 1 aromatic heterocycles. The molecule has 0 aliphatic carbocycles. The average Bonchev–Trinajstić information content (AvgIpc) is 2.19. The Morgan fingerprint density at radius 3 is 2.71 bits per heavy atom. The summed E-state index contributed by atoms with van der Waals surface area (Å²) < 4.78 is 6.18. The fourth-order valence-electron chi connectivity index (χ4n) is 1.41. The third kappa shape index (κ3) is 3.90. The van der Waals surface area contributed by atoms with Crippen LogP contribution in [0.5, 0.6) is 0 Å². The summed E-state index contributed by atoms with van der Waals surface area (Å²) in [6.45, 7) is 0.213. The van der Waals surface area contributed by atoms with Crippen molar-refractivity contribution >= 4 is 15.7 Å². The first-order valence-electron chi connectivity index (χ1n) is 4.97. The summed E-state index contributed by atoms with van der Waals surface area (Å²) in [5.41, 5.74) is -1.01. The van der Waals surface area contributed by atoms with Gasteiger partial charge in [-0.05, 0) is 6.42 Å². The van der Waals surface area contributed by atoms with E-state index in [-0.39, 0.29) is 13.0 Å². The van der Waals surface area contributed by atoms with Gasteiger partial charge in [0.15, 0.2) is 0 Å². The molecule has 2 N–H and O–H groups in total. The van der Waals surface area contributed by atoms with Crippen LogP contribution in [0.4, 0.5) is 0 Å². The van der Waals surface area contributed by atoms with Crippen molar-refractivity contribution in [1.29, 1.82) is 0 Å². The smallest absolute Gasteiger partial charge is 0.328 e. The molecule has 0 fully saturated rings. The molecule has 0 amide bonds. The van der Waals surface area contributed by atoms with Crippen molar-refractivity contribution in [2.24, 2.45) is 0 Å². The van der Waals surface area contributed by atoms with Crippen LogP contribution in [0.15, 0.2) is 21.9 Å². The number of nitrogens with one attached hydrogen (secondary N) is 1. The van der Waals surface area contributed by atoms with Gasteiger partial charge in [0.05, 0.1) is 6.10 Å². The molecule has 0 aliphatic rings. The lowest BCUT2D eigenvalue weighted by molar-refractivity contribution is -0.00195. The van der Waals surface area contributed by atoms with E-state index in [1.165, 1.54) is 23.9 Å². The summed E-state index contributed by atoms with van der Waals surface area (Å²) in [6.07, 6.45) is 0.757. The van der Waals surface area contributed by atoms with Crippen LogP contribution in [-0.4, -0.2) is 49.0 Å². The van der Waals surface area contributed by atoms with E-state index in [1.54, 1.807) is 0 Å². The number of aliphatic hydroxyl groups is 1. The first-order chi connectivity index (χ1) is 7.84. The Balaban J connectivity index is 2.73. The van der Waals surface area contributed by atoms with Crippen molar-refractivity contribution in [2.45, 2.75) is 24.5 Å². The van der Waals surface area contributed by atoms with E-state index in [1.807, 2.05) is 0 Å². The first kappa shape index (κ1) is 13.8. The van der Waals surface area contributed by atoms with Crippen molar-refractivity contribution in [3.8, 4) is 0 Å². The van der Waals surface area contributed by atoms with Gasteiger partial charge in [-0.3, -0.25) is 9.78 Å². The molecule has 17 heavy (non-hydrogen) atoms. The molecule has 0 spiro atoms. The van der Waals surface area contributed by atoms with Crippen LogP contribution in [0.3, 0.4) is 0 Å². The number of hydrogen-bond acceptors (Lipinski definition) is 4. The van der Waals surface area contributed by atoms with Crippen LogP contribution in [0, 0.1) is 0 Å². The van der Waals surface area contributed by atoms with Crippen LogP contribution in [0.1, 0.15) is 6.42 Å². The highest BCUT2D eigenvalue weighted by Gasteiger charge is 2.25. The summed E-state index contributed by atoms with van der Waals surface area (Å²) in [4.78, 5) is 24.3. The predicted octanol–water partition coefficient (Wildman–Crippen LogP) is -2.08. The standard InChI is InChI=1S/C9H12B2N2O4/c1-17-6(9(10,11)16)2-4-13-5-3-7(14)12-8(13)15/h3,5-6,16H,2,4H2,1H3,(H,12,14,15). The summed E-state index contributed by atoms with van der Waals surface area (Å²) in [5, 5.41) is 7.38. The molecule has 1 heterocycles. The molecule has 88 valence electrons. The number of H-pyrrole nitrogens is 1. The van der Waals surface area contributed by atoms with Crippen LogP contribution in [0.2, 0.25) is 0 Å². The zero-order valence-electron chi connectivity index (χ0n) is 9.42. The molecule has 0 saturated heterocycles. The maximum absolute atomic E-state index is 11.3. The van der Waals surface area contributed by atoms with Gasteiger partial charge in [-0.1, -0.05) is 0 Å². The molecule has 4 radical (unpaired) electrons. The second kappa shape index (κ2) is 5.37. The Hall–Kier alpha value is -1.27. The Bertz CT molecular complexity index is 477. The number of aromatic amines is 1. The molecule has 1 aromatic rings. The molecule has 0 saturated carbocycles. The van der Waals surface area contributed by atoms with E-state index in [4.69, 9.17) is 20.4 Å². The number of rotatable bonds is 5. The number of aromatic nitrogens is 2. The summed E-state index contributed by atoms with van der Waals surface area (Å²) >= 11 is 0. The number of nitrogens with zero attached hydrogens (tertiary/aromatic N) is 1. The van der Waals surface area contributed by atoms with Gasteiger partial charge in [0, 0.05) is 31.3 Å². The van der Waals surface area contributed by atoms with Crippen molar-refractivity contribution in [3.05, 3.63) is 33.1 Å². The number of aryl methyl sites for hydroxylation is 1. The fourth-order valence-corrected chi connectivity index (χ4v) is 1.41. The minimum atomic E-state index is -1.97. The lowest BCUT2D eigenvalue weighted by atomic mass is 9.61. The Kier molecular flexibility index (Phi) is 4.36. The van der Waals surface area contributed by atoms with Gasteiger partial charge >= 0.3 is 5.69 Å². The second-order valence-electron chi connectivity index (χ2n) is 3.70. The topological polar surface area (TPSA) is 84.3 Å². The normalized spacial score (nSPS) is 13.5. The van der Waals surface area contributed by atoms with Gasteiger partial charge in [-0.15, -0.1) is 0 Å². The van der Waals surface area contributed by atoms with E-state index in [2.05, 4.69) is 4.98 Å². The van der Waals surface area contributed by atoms with E-state index >= 15 is 0 Å². The van der Waals surface area contributed by atoms with E-state index in [9.17, 15) is 14.7 Å². The zero-order valence-corrected chi connectivity index (χ0v) is 9.42. The minimum Gasteiger partial charge on any atom is -0.407 e. The van der Waals surface area contributed by atoms with E-state index in [0.717, 1.165) is 0 Å². The van der Waals surface area contributed by atoms with E-state index < -0.39 is 22.8 Å². The highest BCUT2D eigenvalue weighted by molar-refractivity contribution is 6.39. The number of ether oxygens (including phenoxy) is 1. The molecule has 1 unspecified atom stereocenters. The summed E-state index contributed by atoms with van der Waals surface area (Å²) in [7, 11) is 11.9. The van der Waals surface area contributed by atoms with Gasteiger partial charge in [0.1, 0.15) is 15.7 Å². The van der Waals surface area contributed by atoms with Gasteiger partial charge in [0.25, 0.3) is 5.56 Å². The largest absolute Gasteiger partial charge is 0.407 e. The van der Waals surface area contributed by atoms with Gasteiger partial charge in [0.2, 0.25) is 0 Å². The molecule has 0 aliphatic heterocycles. The Morgan fingerprint density at radius 2 is 2.24 bits per heavy atom. The predicted molar refractivity (Wildman–Crippen MR) is 63.2 cm³/mol. The molecule has 1 atom stereocenters. The lowest BCUT2D eigenvalue weighted by Crippen LogP contribution is -2.45. The monoisotopic (exact) mass is 234 g/mol. The maximum Gasteiger partial charge on any atom is 0.328 e. The quantitative estimate of drug-likeness (QED) is 0.573. The van der Waals surface area contributed by atoms with Crippen molar-refractivity contribution < 1.29 is 9.84 Å². The molecule has 0 aromatic carbocycles. The highest BCUT2D eigenvalue weighted by Crippen LogP contribution is 2.10. The molecule has 6 nitrogen and oxygen atoms in total. The lowest BCUT2D eigenvalue weighted by Gasteiger charge is -2.29. The third-order valence-electron chi connectivity index (χ3n) is 2.33. The van der Waals surface area contributed by atoms with Gasteiger partial charge < -0.3 is 14.4 Å².